The summed E-state index contributed by atoms with van der Waals surface area (Å²) in [5.41, 5.74) is 3.71. The average molecular weight is 377 g/mol. The Labute approximate surface area is 163 Å². The Morgan fingerprint density at radius 3 is 2.71 bits per heavy atom. The number of anilines is 2. The van der Waals surface area contributed by atoms with Crippen LogP contribution in [0, 0.1) is 5.41 Å². The Bertz CT molecular complexity index is 1030. The first-order valence-electron chi connectivity index (χ1n) is 8.89. The molecule has 0 aliphatic heterocycles. The summed E-state index contributed by atoms with van der Waals surface area (Å²) in [7, 11) is 3.36. The number of rotatable bonds is 7. The van der Waals surface area contributed by atoms with Crippen molar-refractivity contribution in [2.45, 2.75) is 19.8 Å². The van der Waals surface area contributed by atoms with E-state index in [9.17, 15) is 0 Å². The minimum atomic E-state index is 0.353. The zero-order valence-electron chi connectivity index (χ0n) is 16.3. The number of allylic oxidation sites excluding steroid dienone is 1. The molecule has 3 aromatic heterocycles. The van der Waals surface area contributed by atoms with E-state index >= 15 is 0 Å². The molecule has 8 heteroatoms. The van der Waals surface area contributed by atoms with Gasteiger partial charge in [-0.05, 0) is 29.7 Å². The fourth-order valence-corrected chi connectivity index (χ4v) is 2.77. The number of nitrogens with zero attached hydrogens (tertiary/aromatic N) is 4. The lowest BCUT2D eigenvalue weighted by Crippen LogP contribution is -2.03. The van der Waals surface area contributed by atoms with Crippen molar-refractivity contribution in [3.8, 4) is 5.75 Å². The highest BCUT2D eigenvalue weighted by Crippen LogP contribution is 2.32. The van der Waals surface area contributed by atoms with Gasteiger partial charge in [-0.15, -0.1) is 5.10 Å². The lowest BCUT2D eigenvalue weighted by atomic mass is 10.1. The molecule has 0 spiro atoms. The van der Waals surface area contributed by atoms with E-state index in [0.29, 0.717) is 45.5 Å². The van der Waals surface area contributed by atoms with Crippen molar-refractivity contribution < 1.29 is 4.74 Å². The van der Waals surface area contributed by atoms with Gasteiger partial charge in [-0.3, -0.25) is 4.98 Å². The summed E-state index contributed by atoms with van der Waals surface area (Å²) in [6.45, 7) is 4.21. The van der Waals surface area contributed by atoms with E-state index < -0.39 is 0 Å². The normalized spacial score (nSPS) is 11.5. The number of hydrogen-bond donors (Lipinski definition) is 3. The highest BCUT2D eigenvalue weighted by Gasteiger charge is 2.14. The van der Waals surface area contributed by atoms with Gasteiger partial charge in [0, 0.05) is 36.8 Å². The average Bonchev–Trinajstić information content (AvgIpc) is 2.71. The first-order valence-corrected chi connectivity index (χ1v) is 8.89. The zero-order chi connectivity index (χ0) is 20.1. The Hall–Kier alpha value is -3.55. The quantitative estimate of drug-likeness (QED) is 0.541. The molecular formula is C20H23N7O. The molecule has 3 rings (SSSR count). The SMILES string of the molecule is CN/C=C(\C=N)c1cnc2ccc(Nc3cc(C(C)C)cnn3)nc2c1OC. The van der Waals surface area contributed by atoms with Crippen LogP contribution < -0.4 is 15.4 Å². The van der Waals surface area contributed by atoms with E-state index in [4.69, 9.17) is 10.1 Å². The molecular weight excluding hydrogens is 354 g/mol. The molecule has 0 saturated carbocycles. The fraction of sp³-hybridized carbons (Fsp3) is 0.250. The second-order valence-electron chi connectivity index (χ2n) is 6.46. The molecule has 0 saturated heterocycles. The van der Waals surface area contributed by atoms with Crippen LogP contribution in [0.25, 0.3) is 16.6 Å². The van der Waals surface area contributed by atoms with Crippen LogP contribution in [0.5, 0.6) is 5.75 Å². The van der Waals surface area contributed by atoms with E-state index in [1.807, 2.05) is 18.2 Å². The predicted molar refractivity (Wildman–Crippen MR) is 111 cm³/mol. The number of nitrogens with one attached hydrogen (secondary N) is 3. The van der Waals surface area contributed by atoms with Gasteiger partial charge in [0.15, 0.2) is 11.6 Å². The van der Waals surface area contributed by atoms with Crippen molar-refractivity contribution in [2.75, 3.05) is 19.5 Å². The number of pyridine rings is 2. The number of ether oxygens (including phenoxy) is 1. The Kier molecular flexibility index (Phi) is 5.78. The maximum Gasteiger partial charge on any atom is 0.156 e. The van der Waals surface area contributed by atoms with Gasteiger partial charge in [-0.25, -0.2) is 4.98 Å². The summed E-state index contributed by atoms with van der Waals surface area (Å²) in [5, 5.41) is 22.0. The Morgan fingerprint density at radius 2 is 2.04 bits per heavy atom. The van der Waals surface area contributed by atoms with E-state index in [-0.39, 0.29) is 0 Å². The van der Waals surface area contributed by atoms with Crippen LogP contribution >= 0.6 is 0 Å². The van der Waals surface area contributed by atoms with E-state index in [1.165, 1.54) is 6.21 Å². The maximum atomic E-state index is 7.66. The van der Waals surface area contributed by atoms with Crippen LogP contribution in [0.1, 0.15) is 30.9 Å². The van der Waals surface area contributed by atoms with Gasteiger partial charge >= 0.3 is 0 Å². The molecule has 3 heterocycles. The van der Waals surface area contributed by atoms with Crippen LogP contribution in [0.3, 0.4) is 0 Å². The predicted octanol–water partition coefficient (Wildman–Crippen LogP) is 3.51. The van der Waals surface area contributed by atoms with Crippen molar-refractivity contribution in [3.05, 3.63) is 47.9 Å². The topological polar surface area (TPSA) is 109 Å². The first-order chi connectivity index (χ1) is 13.6. The molecule has 0 bridgehead atoms. The van der Waals surface area contributed by atoms with Gasteiger partial charge < -0.3 is 20.8 Å². The number of fused-ring (bicyclic) bond motifs is 1. The summed E-state index contributed by atoms with van der Waals surface area (Å²) in [6, 6.07) is 5.65. The molecule has 3 N–H and O–H groups in total. The highest BCUT2D eigenvalue weighted by atomic mass is 16.5. The summed E-state index contributed by atoms with van der Waals surface area (Å²) >= 11 is 0. The molecule has 8 nitrogen and oxygen atoms in total. The minimum absolute atomic E-state index is 0.353. The van der Waals surface area contributed by atoms with Crippen molar-refractivity contribution >= 4 is 34.5 Å². The van der Waals surface area contributed by atoms with Gasteiger partial charge in [0.05, 0.1) is 18.8 Å². The van der Waals surface area contributed by atoms with Crippen LogP contribution in [-0.2, 0) is 0 Å². The third kappa shape index (κ3) is 3.90. The Balaban J connectivity index is 2.05. The summed E-state index contributed by atoms with van der Waals surface area (Å²) in [5.74, 6) is 2.14. The largest absolute Gasteiger partial charge is 0.494 e. The maximum absolute atomic E-state index is 7.66. The molecule has 0 atom stereocenters. The first kappa shape index (κ1) is 19.2. The molecule has 0 fully saturated rings. The molecule has 28 heavy (non-hydrogen) atoms. The van der Waals surface area contributed by atoms with E-state index in [0.717, 1.165) is 5.56 Å². The third-order valence-corrected chi connectivity index (χ3v) is 4.24. The molecule has 0 unspecified atom stereocenters. The van der Waals surface area contributed by atoms with Gasteiger partial charge in [-0.2, -0.15) is 5.10 Å². The zero-order valence-corrected chi connectivity index (χ0v) is 16.3. The summed E-state index contributed by atoms with van der Waals surface area (Å²) in [4.78, 5) is 9.12. The van der Waals surface area contributed by atoms with Gasteiger partial charge in [0.1, 0.15) is 11.3 Å². The molecule has 0 aliphatic carbocycles. The van der Waals surface area contributed by atoms with Crippen LogP contribution in [0.4, 0.5) is 11.6 Å². The van der Waals surface area contributed by atoms with Crippen molar-refractivity contribution in [1.29, 1.82) is 5.41 Å². The lowest BCUT2D eigenvalue weighted by molar-refractivity contribution is 0.417. The molecule has 0 aromatic carbocycles. The highest BCUT2D eigenvalue weighted by molar-refractivity contribution is 6.10. The molecule has 3 aromatic rings. The van der Waals surface area contributed by atoms with Crippen LogP contribution in [0.2, 0.25) is 0 Å². The van der Waals surface area contributed by atoms with E-state index in [1.54, 1.807) is 32.8 Å². The Morgan fingerprint density at radius 1 is 1.21 bits per heavy atom. The molecule has 0 radical (unpaired) electrons. The van der Waals surface area contributed by atoms with Crippen molar-refractivity contribution in [3.63, 3.8) is 0 Å². The fourth-order valence-electron chi connectivity index (χ4n) is 2.77. The third-order valence-electron chi connectivity index (χ3n) is 4.24. The standard InChI is InChI=1S/C20H23N7O/c1-12(2)13-7-18(27-24-10-13)25-17-6-5-16-19(26-17)20(28-4)15(11-23-16)14(8-21)9-22-3/h5-12,21-22H,1-4H3,(H,25,26,27)/b14-9+,21-8?. The van der Waals surface area contributed by atoms with Crippen LogP contribution in [0.15, 0.2) is 36.8 Å². The second-order valence-corrected chi connectivity index (χ2v) is 6.46. The monoisotopic (exact) mass is 377 g/mol. The van der Waals surface area contributed by atoms with E-state index in [2.05, 4.69) is 44.6 Å². The molecule has 144 valence electrons. The second kappa shape index (κ2) is 8.43. The smallest absolute Gasteiger partial charge is 0.156 e. The minimum Gasteiger partial charge on any atom is -0.494 e. The van der Waals surface area contributed by atoms with Crippen LogP contribution in [-0.4, -0.2) is 40.5 Å². The number of hydrogen-bond acceptors (Lipinski definition) is 8. The summed E-state index contributed by atoms with van der Waals surface area (Å²) < 4.78 is 5.61. The number of methoxy groups -OCH3 is 1. The molecule has 0 aliphatic rings. The van der Waals surface area contributed by atoms with Crippen molar-refractivity contribution in [1.82, 2.24) is 25.5 Å². The lowest BCUT2D eigenvalue weighted by Gasteiger charge is -2.13. The van der Waals surface area contributed by atoms with Gasteiger partial charge in [0.2, 0.25) is 0 Å². The van der Waals surface area contributed by atoms with Crippen molar-refractivity contribution in [2.24, 2.45) is 0 Å². The van der Waals surface area contributed by atoms with Gasteiger partial charge in [-0.1, -0.05) is 13.8 Å². The summed E-state index contributed by atoms with van der Waals surface area (Å²) in [6.07, 6.45) is 6.40. The van der Waals surface area contributed by atoms with Gasteiger partial charge in [0.25, 0.3) is 0 Å². The molecule has 0 amide bonds. The number of aromatic nitrogens is 4.